The molecule has 5 nitrogen and oxygen atoms in total. The van der Waals surface area contributed by atoms with E-state index in [0.29, 0.717) is 12.3 Å². The van der Waals surface area contributed by atoms with Crippen molar-refractivity contribution in [2.24, 2.45) is 10.6 Å². The molecule has 0 aliphatic heterocycles. The van der Waals surface area contributed by atoms with E-state index in [1.807, 2.05) is 20.8 Å². The lowest BCUT2D eigenvalue weighted by Gasteiger charge is -2.19. The molecule has 1 N–H and O–H groups in total. The molecule has 0 aromatic carbocycles. The molecule has 0 saturated carbocycles. The third kappa shape index (κ3) is 2.70. The summed E-state index contributed by atoms with van der Waals surface area (Å²) >= 11 is 5.56. The molecule has 0 saturated heterocycles. The number of aromatic nitrogens is 3. The zero-order valence-electron chi connectivity index (χ0n) is 8.40. The summed E-state index contributed by atoms with van der Waals surface area (Å²) in [4.78, 5) is 3.77. The van der Waals surface area contributed by atoms with Gasteiger partial charge in [-0.05, 0) is 11.6 Å². The number of hydrogen-bond acceptors (Lipinski definition) is 4. The van der Waals surface area contributed by atoms with Crippen LogP contribution in [0.3, 0.4) is 0 Å². The van der Waals surface area contributed by atoms with Gasteiger partial charge in [0, 0.05) is 5.41 Å². The fraction of sp³-hybridized carbons (Fsp3) is 0.625. The summed E-state index contributed by atoms with van der Waals surface area (Å²) in [5.41, 5.74) is 0.423. The highest BCUT2D eigenvalue weighted by atomic mass is 35.5. The Morgan fingerprint density at radius 3 is 2.64 bits per heavy atom. The van der Waals surface area contributed by atoms with E-state index >= 15 is 0 Å². The Morgan fingerprint density at radius 1 is 1.64 bits per heavy atom. The predicted octanol–water partition coefficient (Wildman–Crippen LogP) is 1.81. The first kappa shape index (κ1) is 11.0. The van der Waals surface area contributed by atoms with Crippen LogP contribution in [0.1, 0.15) is 20.8 Å². The summed E-state index contributed by atoms with van der Waals surface area (Å²) in [6, 6.07) is 0. The summed E-state index contributed by atoms with van der Waals surface area (Å²) in [6.45, 7) is 6.27. The molecule has 78 valence electrons. The molecule has 1 heterocycles. The minimum absolute atomic E-state index is 0.191. The Labute approximate surface area is 87.4 Å². The summed E-state index contributed by atoms with van der Waals surface area (Å²) in [5.74, 6) is 0. The summed E-state index contributed by atoms with van der Waals surface area (Å²) in [7, 11) is 0. The number of oxime groups is 1. The zero-order chi connectivity index (χ0) is 10.8. The Morgan fingerprint density at radius 2 is 2.29 bits per heavy atom. The van der Waals surface area contributed by atoms with Crippen molar-refractivity contribution < 1.29 is 5.21 Å². The Kier molecular flexibility index (Phi) is 3.10. The maximum absolute atomic E-state index is 8.82. The van der Waals surface area contributed by atoms with Crippen molar-refractivity contribution in [1.29, 1.82) is 0 Å². The highest BCUT2D eigenvalue weighted by Gasteiger charge is 2.20. The largest absolute Gasteiger partial charge is 0.411 e. The lowest BCUT2D eigenvalue weighted by Crippen LogP contribution is -2.25. The van der Waals surface area contributed by atoms with Crippen molar-refractivity contribution >= 4 is 17.3 Å². The second-order valence-corrected chi connectivity index (χ2v) is 4.35. The van der Waals surface area contributed by atoms with Crippen molar-refractivity contribution in [2.45, 2.75) is 27.3 Å². The van der Waals surface area contributed by atoms with Crippen LogP contribution in [0.15, 0.2) is 11.5 Å². The number of hydrogen-bond donors (Lipinski definition) is 1. The summed E-state index contributed by atoms with van der Waals surface area (Å²) < 4.78 is 1.53. The highest BCUT2D eigenvalue weighted by molar-refractivity contribution is 6.28. The van der Waals surface area contributed by atoms with Gasteiger partial charge >= 0.3 is 0 Å². The van der Waals surface area contributed by atoms with Crippen molar-refractivity contribution in [3.63, 3.8) is 0 Å². The van der Waals surface area contributed by atoms with Gasteiger partial charge in [-0.1, -0.05) is 25.9 Å². The van der Waals surface area contributed by atoms with Gasteiger partial charge in [0.1, 0.15) is 6.33 Å². The standard InChI is InChI=1S/C8H13ClN4O/c1-8(2,3)6(12-14)4-13-5-10-7(9)11-13/h5,14H,4H2,1-3H3/b12-6-. The van der Waals surface area contributed by atoms with Crippen LogP contribution < -0.4 is 0 Å². The van der Waals surface area contributed by atoms with Crippen LogP contribution in [0.4, 0.5) is 0 Å². The third-order valence-corrected chi connectivity index (χ3v) is 1.98. The van der Waals surface area contributed by atoms with Crippen molar-refractivity contribution in [2.75, 3.05) is 0 Å². The van der Waals surface area contributed by atoms with Crippen molar-refractivity contribution in [1.82, 2.24) is 14.8 Å². The van der Waals surface area contributed by atoms with E-state index in [1.165, 1.54) is 11.0 Å². The molecule has 14 heavy (non-hydrogen) atoms. The Balaban J connectivity index is 2.77. The van der Waals surface area contributed by atoms with Gasteiger partial charge < -0.3 is 5.21 Å². The lowest BCUT2D eigenvalue weighted by molar-refractivity contribution is 0.307. The normalized spacial score (nSPS) is 13.3. The van der Waals surface area contributed by atoms with Gasteiger partial charge in [0.25, 0.3) is 0 Å². The first-order chi connectivity index (χ1) is 6.43. The molecule has 0 amide bonds. The minimum Gasteiger partial charge on any atom is -0.411 e. The predicted molar refractivity (Wildman–Crippen MR) is 53.7 cm³/mol. The van der Waals surface area contributed by atoms with Crippen molar-refractivity contribution in [3.05, 3.63) is 11.6 Å². The number of halogens is 1. The Hall–Kier alpha value is -1.10. The molecule has 0 spiro atoms. The van der Waals surface area contributed by atoms with E-state index < -0.39 is 0 Å². The quantitative estimate of drug-likeness (QED) is 0.466. The van der Waals surface area contributed by atoms with Crippen LogP contribution in [0.5, 0.6) is 0 Å². The fourth-order valence-corrected chi connectivity index (χ4v) is 1.06. The van der Waals surface area contributed by atoms with E-state index in [4.69, 9.17) is 16.8 Å². The molecule has 0 bridgehead atoms. The summed E-state index contributed by atoms with van der Waals surface area (Å²) in [5, 5.41) is 16.2. The second kappa shape index (κ2) is 3.96. The van der Waals surface area contributed by atoms with Crippen LogP contribution in [-0.4, -0.2) is 25.7 Å². The molecule has 0 radical (unpaired) electrons. The topological polar surface area (TPSA) is 63.3 Å². The Bertz CT molecular complexity index is 339. The first-order valence-electron chi connectivity index (χ1n) is 4.20. The fourth-order valence-electron chi connectivity index (χ4n) is 0.920. The maximum atomic E-state index is 8.82. The van der Waals surface area contributed by atoms with Crippen LogP contribution in [-0.2, 0) is 6.54 Å². The number of rotatable bonds is 2. The van der Waals surface area contributed by atoms with Crippen LogP contribution >= 0.6 is 11.6 Å². The minimum atomic E-state index is -0.201. The van der Waals surface area contributed by atoms with E-state index in [-0.39, 0.29) is 10.7 Å². The molecule has 6 heteroatoms. The molecule has 0 atom stereocenters. The average molecular weight is 217 g/mol. The van der Waals surface area contributed by atoms with Gasteiger partial charge in [0.05, 0.1) is 12.3 Å². The van der Waals surface area contributed by atoms with Gasteiger partial charge in [-0.25, -0.2) is 9.67 Å². The highest BCUT2D eigenvalue weighted by Crippen LogP contribution is 2.17. The van der Waals surface area contributed by atoms with Crippen molar-refractivity contribution in [3.8, 4) is 0 Å². The third-order valence-electron chi connectivity index (χ3n) is 1.81. The van der Waals surface area contributed by atoms with Gasteiger partial charge in [-0.15, -0.1) is 5.10 Å². The van der Waals surface area contributed by atoms with E-state index in [2.05, 4.69) is 15.2 Å². The molecule has 1 rings (SSSR count). The first-order valence-corrected chi connectivity index (χ1v) is 4.57. The van der Waals surface area contributed by atoms with E-state index in [9.17, 15) is 0 Å². The van der Waals surface area contributed by atoms with Gasteiger partial charge in [-0.2, -0.15) is 0 Å². The summed E-state index contributed by atoms with van der Waals surface area (Å²) in [6.07, 6.45) is 1.50. The smallest absolute Gasteiger partial charge is 0.242 e. The molecule has 0 unspecified atom stereocenters. The zero-order valence-corrected chi connectivity index (χ0v) is 9.15. The SMILES string of the molecule is CC(C)(C)/C(Cn1cnc(Cl)n1)=N\O. The van der Waals surface area contributed by atoms with Gasteiger partial charge in [0.15, 0.2) is 0 Å². The molecule has 0 fully saturated rings. The molecule has 0 aliphatic carbocycles. The molecule has 1 aromatic heterocycles. The van der Waals surface area contributed by atoms with Crippen LogP contribution in [0.2, 0.25) is 5.28 Å². The lowest BCUT2D eigenvalue weighted by atomic mass is 9.90. The average Bonchev–Trinajstić information content (AvgIpc) is 2.45. The van der Waals surface area contributed by atoms with Gasteiger partial charge in [-0.3, -0.25) is 0 Å². The van der Waals surface area contributed by atoms with Crippen LogP contribution in [0, 0.1) is 5.41 Å². The number of nitrogens with zero attached hydrogens (tertiary/aromatic N) is 4. The molecular formula is C8H13ClN4O. The maximum Gasteiger partial charge on any atom is 0.242 e. The van der Waals surface area contributed by atoms with E-state index in [0.717, 1.165) is 0 Å². The monoisotopic (exact) mass is 216 g/mol. The molecule has 1 aromatic rings. The molecular weight excluding hydrogens is 204 g/mol. The van der Waals surface area contributed by atoms with E-state index in [1.54, 1.807) is 0 Å². The second-order valence-electron chi connectivity index (χ2n) is 4.01. The molecule has 0 aliphatic rings. The van der Waals surface area contributed by atoms with Crippen LogP contribution in [0.25, 0.3) is 0 Å². The van der Waals surface area contributed by atoms with Gasteiger partial charge in [0.2, 0.25) is 5.28 Å².